The summed E-state index contributed by atoms with van der Waals surface area (Å²) in [5.74, 6) is -1.32. The minimum absolute atomic E-state index is 0.0506. The number of carbonyl (C=O) groups is 2. The first kappa shape index (κ1) is 61.3. The van der Waals surface area contributed by atoms with Gasteiger partial charge < -0.3 is 49.3 Å². The maximum Gasteiger partial charge on any atom is 0.472 e. The smallest absolute Gasteiger partial charge is 0.462 e. The van der Waals surface area contributed by atoms with Crippen molar-refractivity contribution in [2.24, 2.45) is 0 Å². The number of carbonyl (C=O) groups excluding carboxylic acids is 2. The molecule has 388 valence electrons. The van der Waals surface area contributed by atoms with Crippen LogP contribution in [0.2, 0.25) is 0 Å². The van der Waals surface area contributed by atoms with Crippen LogP contribution in [0.5, 0.6) is 0 Å². The van der Waals surface area contributed by atoms with Crippen molar-refractivity contribution in [2.75, 3.05) is 13.2 Å². The molecular weight excluding hydrogens is 922 g/mol. The van der Waals surface area contributed by atoms with Gasteiger partial charge in [-0.25, -0.2) is 9.13 Å². The molecule has 1 aliphatic carbocycles. The fourth-order valence-electron chi connectivity index (χ4n) is 6.99. The van der Waals surface area contributed by atoms with Crippen LogP contribution in [0.15, 0.2) is 85.1 Å². The Morgan fingerprint density at radius 3 is 1.62 bits per heavy atom. The summed E-state index contributed by atoms with van der Waals surface area (Å²) in [5, 5.41) is 41.3. The first-order valence-corrected chi connectivity index (χ1v) is 27.3. The highest BCUT2D eigenvalue weighted by Crippen LogP contribution is 2.49. The quantitative estimate of drug-likeness (QED) is 0.0101. The number of aliphatic hydroxyl groups excluding tert-OH is 4. The van der Waals surface area contributed by atoms with Crippen LogP contribution in [-0.2, 0) is 46.5 Å². The zero-order chi connectivity index (χ0) is 50.0. The van der Waals surface area contributed by atoms with Crippen LogP contribution in [-0.4, -0.2) is 115 Å². The number of epoxide rings is 1. The molecule has 0 aromatic rings. The maximum absolute atomic E-state index is 13.0. The zero-order valence-electron chi connectivity index (χ0n) is 39.9. The van der Waals surface area contributed by atoms with E-state index < -0.39 is 83.5 Å². The fraction of sp³-hybridized carbons (Fsp3) is 0.673. The molecular formula is C49H80O17P2. The van der Waals surface area contributed by atoms with Gasteiger partial charge in [-0.1, -0.05) is 125 Å². The van der Waals surface area contributed by atoms with Crippen molar-refractivity contribution in [2.45, 2.75) is 197 Å². The fourth-order valence-corrected chi connectivity index (χ4v) is 8.53. The topological polar surface area (TPSA) is 269 Å². The number of aliphatic hydroxyl groups is 4. The van der Waals surface area contributed by atoms with E-state index in [2.05, 4.69) is 91.3 Å². The van der Waals surface area contributed by atoms with Gasteiger partial charge in [0.1, 0.15) is 43.2 Å². The van der Waals surface area contributed by atoms with Crippen molar-refractivity contribution in [3.63, 3.8) is 0 Å². The third-order valence-electron chi connectivity index (χ3n) is 10.9. The molecule has 68 heavy (non-hydrogen) atoms. The van der Waals surface area contributed by atoms with Crippen molar-refractivity contribution in [1.82, 2.24) is 0 Å². The van der Waals surface area contributed by atoms with E-state index in [1.165, 1.54) is 19.3 Å². The molecule has 0 bridgehead atoms. The van der Waals surface area contributed by atoms with Crippen LogP contribution in [0.3, 0.4) is 0 Å². The van der Waals surface area contributed by atoms with Crippen LogP contribution in [0.25, 0.3) is 0 Å². The second-order valence-corrected chi connectivity index (χ2v) is 19.4. The van der Waals surface area contributed by atoms with E-state index in [4.69, 9.17) is 23.3 Å². The van der Waals surface area contributed by atoms with Crippen molar-refractivity contribution in [1.29, 1.82) is 0 Å². The lowest BCUT2D eigenvalue weighted by atomic mass is 9.85. The van der Waals surface area contributed by atoms with Crippen LogP contribution in [0.1, 0.15) is 142 Å². The second-order valence-electron chi connectivity index (χ2n) is 16.8. The highest BCUT2D eigenvalue weighted by atomic mass is 31.2. The molecule has 0 aromatic carbocycles. The molecule has 1 heterocycles. The number of rotatable bonds is 38. The summed E-state index contributed by atoms with van der Waals surface area (Å²) in [5.41, 5.74) is 0. The number of ether oxygens (including phenoxy) is 3. The standard InChI is InChI=1S/C49H80O17P2/c1-3-5-7-9-11-13-14-15-16-17-18-19-20-22-24-26-31-35-42(50)61-37-39(38-62-68(59,60)66-49-46(54)44(52)45(53)48(47(49)55)65-67(56,57)58)63-43(51)36-32-28-27-30-34-41-40(64-41)33-29-25-23-21-12-10-8-6-4-2/h5,7,11-13,15-16,18-19,21,25,27,29-30,39-41,44-49,52-55H,3-4,6,8-10,14,17,20,22-24,26,28,31-38H2,1-2H3,(H,59,60)(H2,56,57,58)/b7-5-,13-11-,16-15-,19-18-,21-12-,29-25-,30-27-/t39-,40?,41?,44?,45?,46?,47?,48-,49+/m1/s1. The summed E-state index contributed by atoms with van der Waals surface area (Å²) >= 11 is 0. The predicted molar refractivity (Wildman–Crippen MR) is 259 cm³/mol. The molecule has 1 saturated carbocycles. The average Bonchev–Trinajstić information content (AvgIpc) is 4.05. The number of phosphoric acid groups is 2. The van der Waals surface area contributed by atoms with E-state index in [9.17, 15) is 53.8 Å². The predicted octanol–water partition coefficient (Wildman–Crippen LogP) is 8.38. The summed E-state index contributed by atoms with van der Waals surface area (Å²) < 4.78 is 55.1. The van der Waals surface area contributed by atoms with E-state index >= 15 is 0 Å². The van der Waals surface area contributed by atoms with E-state index in [-0.39, 0.29) is 25.0 Å². The lowest BCUT2D eigenvalue weighted by molar-refractivity contribution is -0.216. The van der Waals surface area contributed by atoms with Crippen molar-refractivity contribution >= 4 is 27.6 Å². The van der Waals surface area contributed by atoms with Gasteiger partial charge in [0.2, 0.25) is 0 Å². The second kappa shape index (κ2) is 36.1. The Kier molecular flexibility index (Phi) is 32.5. The lowest BCUT2D eigenvalue weighted by Crippen LogP contribution is -2.64. The van der Waals surface area contributed by atoms with Crippen LogP contribution < -0.4 is 0 Å². The van der Waals surface area contributed by atoms with E-state index in [0.717, 1.165) is 77.0 Å². The Balaban J connectivity index is 1.83. The van der Waals surface area contributed by atoms with Crippen LogP contribution >= 0.6 is 15.6 Å². The Labute approximate surface area is 403 Å². The van der Waals surface area contributed by atoms with E-state index in [1.54, 1.807) is 0 Å². The highest BCUT2D eigenvalue weighted by Gasteiger charge is 2.54. The monoisotopic (exact) mass is 1000 g/mol. The summed E-state index contributed by atoms with van der Waals surface area (Å²) in [6.45, 7) is 2.88. The van der Waals surface area contributed by atoms with E-state index in [0.29, 0.717) is 19.3 Å². The number of phosphoric ester groups is 2. The molecule has 7 unspecified atom stereocenters. The van der Waals surface area contributed by atoms with Gasteiger partial charge in [-0.2, -0.15) is 0 Å². The maximum atomic E-state index is 13.0. The molecule has 7 N–H and O–H groups in total. The van der Waals surface area contributed by atoms with Crippen LogP contribution in [0, 0.1) is 0 Å². The normalized spacial score (nSPS) is 25.0. The summed E-state index contributed by atoms with van der Waals surface area (Å²) in [6.07, 6.45) is 31.3. The third-order valence-corrected chi connectivity index (χ3v) is 12.4. The minimum atomic E-state index is -5.38. The molecule has 0 aromatic heterocycles. The lowest BCUT2D eigenvalue weighted by Gasteiger charge is -2.43. The van der Waals surface area contributed by atoms with Gasteiger partial charge in [-0.05, 0) is 89.9 Å². The number of unbranched alkanes of at least 4 members (excludes halogenated alkanes) is 8. The Bertz CT molecular complexity index is 1700. The summed E-state index contributed by atoms with van der Waals surface area (Å²) in [6, 6.07) is 0. The molecule has 0 radical (unpaired) electrons. The van der Waals surface area contributed by atoms with Crippen molar-refractivity contribution in [3.8, 4) is 0 Å². The average molecular weight is 1000 g/mol. The number of hydrogen-bond donors (Lipinski definition) is 7. The summed E-state index contributed by atoms with van der Waals surface area (Å²) in [7, 11) is -10.7. The van der Waals surface area contributed by atoms with Gasteiger partial charge in [-0.15, -0.1) is 0 Å². The molecule has 2 aliphatic rings. The molecule has 2 fully saturated rings. The first-order chi connectivity index (χ1) is 32.6. The molecule has 10 atom stereocenters. The van der Waals surface area contributed by atoms with Crippen molar-refractivity contribution in [3.05, 3.63) is 85.1 Å². The first-order valence-electron chi connectivity index (χ1n) is 24.3. The SMILES string of the molecule is CC/C=C\C/C=C\C/C=C\C/C=C\CCCCCCC(=O)OC[C@H](COP(=O)(O)O[C@H]1C(O)C(O)C(O)[C@@H](OP(=O)(O)O)C1O)OC(=O)CCC/C=C\CC1OC1C/C=C\C/C=C\CCCCC. The number of allylic oxidation sites excluding steroid dienone is 12. The molecule has 17 nitrogen and oxygen atoms in total. The molecule has 1 saturated heterocycles. The Hall–Kier alpha value is -2.86. The molecule has 1 aliphatic heterocycles. The third kappa shape index (κ3) is 29.4. The molecule has 0 spiro atoms. The largest absolute Gasteiger partial charge is 0.472 e. The van der Waals surface area contributed by atoms with E-state index in [1.807, 2.05) is 12.2 Å². The van der Waals surface area contributed by atoms with Gasteiger partial charge in [0, 0.05) is 12.8 Å². The zero-order valence-corrected chi connectivity index (χ0v) is 41.7. The molecule has 0 amide bonds. The van der Waals surface area contributed by atoms with Gasteiger partial charge in [0.25, 0.3) is 0 Å². The highest BCUT2D eigenvalue weighted by molar-refractivity contribution is 7.47. The Morgan fingerprint density at radius 2 is 1.03 bits per heavy atom. The van der Waals surface area contributed by atoms with Crippen molar-refractivity contribution < 1.29 is 81.6 Å². The Morgan fingerprint density at radius 1 is 0.544 bits per heavy atom. The van der Waals surface area contributed by atoms with Gasteiger partial charge in [0.05, 0.1) is 18.8 Å². The molecule has 2 rings (SSSR count). The molecule has 19 heteroatoms. The minimum Gasteiger partial charge on any atom is -0.462 e. The number of esters is 2. The summed E-state index contributed by atoms with van der Waals surface area (Å²) in [4.78, 5) is 54.4. The van der Waals surface area contributed by atoms with Gasteiger partial charge >= 0.3 is 27.6 Å². The number of hydrogen-bond acceptors (Lipinski definition) is 14. The van der Waals surface area contributed by atoms with Gasteiger partial charge in [-0.3, -0.25) is 23.2 Å². The van der Waals surface area contributed by atoms with Gasteiger partial charge in [0.15, 0.2) is 6.10 Å². The van der Waals surface area contributed by atoms with Crippen LogP contribution in [0.4, 0.5) is 0 Å².